The molecule has 0 bridgehead atoms. The highest BCUT2D eigenvalue weighted by Crippen LogP contribution is 2.23. The van der Waals surface area contributed by atoms with Gasteiger partial charge in [-0.2, -0.15) is 0 Å². The summed E-state index contributed by atoms with van der Waals surface area (Å²) in [5.74, 6) is 0.514. The Bertz CT molecular complexity index is 491. The minimum Gasteiger partial charge on any atom is -0.508 e. The van der Waals surface area contributed by atoms with Crippen LogP contribution in [0.25, 0.3) is 0 Å². The highest BCUT2D eigenvalue weighted by molar-refractivity contribution is 5.36. The highest BCUT2D eigenvalue weighted by atomic mass is 16.3. The van der Waals surface area contributed by atoms with Crippen molar-refractivity contribution in [2.45, 2.75) is 84.0 Å². The van der Waals surface area contributed by atoms with Crippen LogP contribution >= 0.6 is 0 Å². The molecule has 0 aromatic heterocycles. The molecular formula is C23H40NO+. The summed E-state index contributed by atoms with van der Waals surface area (Å²) in [4.78, 5) is 0. The molecule has 0 atom stereocenters. The first-order chi connectivity index (χ1) is 12.1. The molecule has 142 valence electrons. The van der Waals surface area contributed by atoms with E-state index in [1.807, 2.05) is 6.07 Å². The predicted octanol–water partition coefficient (Wildman–Crippen LogP) is 5.86. The van der Waals surface area contributed by atoms with Crippen LogP contribution in [-0.2, 0) is 12.8 Å². The summed E-state index contributed by atoms with van der Waals surface area (Å²) >= 11 is 0. The van der Waals surface area contributed by atoms with Gasteiger partial charge in [-0.3, -0.25) is 0 Å². The summed E-state index contributed by atoms with van der Waals surface area (Å²) in [7, 11) is 2.44. The number of nitrogens with zero attached hydrogens (tertiary/aromatic N) is 1. The molecule has 1 aromatic rings. The number of piperidine rings is 1. The molecule has 2 nitrogen and oxygen atoms in total. The summed E-state index contributed by atoms with van der Waals surface area (Å²) < 4.78 is 1.30. The first kappa shape index (κ1) is 20.3. The number of rotatable bonds is 11. The average Bonchev–Trinajstić information content (AvgIpc) is 2.60. The molecule has 0 spiro atoms. The van der Waals surface area contributed by atoms with Crippen molar-refractivity contribution in [2.24, 2.45) is 0 Å². The SMILES string of the molecule is CCCCCCc1ccc(CCCCC[N+]2(C)CCCCC2)cc1O. The number of hydrogen-bond acceptors (Lipinski definition) is 1. The Hall–Kier alpha value is -1.02. The fraction of sp³-hybridized carbons (Fsp3) is 0.739. The summed E-state index contributed by atoms with van der Waals surface area (Å²) in [6, 6.07) is 6.39. The van der Waals surface area contributed by atoms with Gasteiger partial charge >= 0.3 is 0 Å². The van der Waals surface area contributed by atoms with Gasteiger partial charge in [0.05, 0.1) is 26.7 Å². The van der Waals surface area contributed by atoms with Crippen LogP contribution in [0.15, 0.2) is 18.2 Å². The summed E-state index contributed by atoms with van der Waals surface area (Å²) in [6.07, 6.45) is 15.3. The molecule has 2 heteroatoms. The Kier molecular flexibility index (Phi) is 8.81. The van der Waals surface area contributed by atoms with Gasteiger partial charge in [-0.05, 0) is 75.0 Å². The Labute approximate surface area is 155 Å². The molecule has 0 radical (unpaired) electrons. The fourth-order valence-corrected chi connectivity index (χ4v) is 4.22. The summed E-state index contributed by atoms with van der Waals surface area (Å²) in [5.41, 5.74) is 2.43. The minimum atomic E-state index is 0.514. The van der Waals surface area contributed by atoms with E-state index in [1.54, 1.807) is 0 Å². The van der Waals surface area contributed by atoms with Crippen molar-refractivity contribution in [3.63, 3.8) is 0 Å². The third-order valence-electron chi connectivity index (χ3n) is 6.01. The van der Waals surface area contributed by atoms with Crippen molar-refractivity contribution in [3.05, 3.63) is 29.3 Å². The topological polar surface area (TPSA) is 20.2 Å². The molecule has 1 aliphatic heterocycles. The van der Waals surface area contributed by atoms with Gasteiger partial charge in [-0.1, -0.05) is 38.3 Å². The summed E-state index contributed by atoms with van der Waals surface area (Å²) in [5, 5.41) is 10.3. The number of quaternary nitrogens is 1. The molecule has 1 aliphatic rings. The van der Waals surface area contributed by atoms with Gasteiger partial charge in [-0.25, -0.2) is 0 Å². The molecular weight excluding hydrogens is 306 g/mol. The largest absolute Gasteiger partial charge is 0.508 e. The van der Waals surface area contributed by atoms with Crippen LogP contribution in [-0.4, -0.2) is 36.3 Å². The Morgan fingerprint density at radius 2 is 1.60 bits per heavy atom. The van der Waals surface area contributed by atoms with Crippen LogP contribution in [0, 0.1) is 0 Å². The van der Waals surface area contributed by atoms with Crippen molar-refractivity contribution >= 4 is 0 Å². The molecule has 1 saturated heterocycles. The lowest BCUT2D eigenvalue weighted by atomic mass is 10.0. The van der Waals surface area contributed by atoms with Crippen molar-refractivity contribution in [1.29, 1.82) is 0 Å². The van der Waals surface area contributed by atoms with Crippen molar-refractivity contribution in [3.8, 4) is 5.75 Å². The number of phenols is 1. The average molecular weight is 347 g/mol. The summed E-state index contributed by atoms with van der Waals surface area (Å²) in [6.45, 7) is 6.35. The Morgan fingerprint density at radius 3 is 2.32 bits per heavy atom. The second kappa shape index (κ2) is 10.9. The Morgan fingerprint density at radius 1 is 0.880 bits per heavy atom. The molecule has 2 rings (SSSR count). The zero-order valence-electron chi connectivity index (χ0n) is 16.7. The second-order valence-electron chi connectivity index (χ2n) is 8.44. The van der Waals surface area contributed by atoms with Crippen LogP contribution in [0.4, 0.5) is 0 Å². The Balaban J connectivity index is 1.64. The van der Waals surface area contributed by atoms with Gasteiger partial charge in [0, 0.05) is 0 Å². The van der Waals surface area contributed by atoms with Gasteiger partial charge in [0.25, 0.3) is 0 Å². The zero-order valence-corrected chi connectivity index (χ0v) is 16.7. The first-order valence-corrected chi connectivity index (χ1v) is 10.8. The van der Waals surface area contributed by atoms with E-state index in [1.165, 1.54) is 93.9 Å². The van der Waals surface area contributed by atoms with Crippen LogP contribution in [0.1, 0.15) is 82.3 Å². The number of benzene rings is 1. The van der Waals surface area contributed by atoms with Crippen molar-refractivity contribution in [1.82, 2.24) is 0 Å². The van der Waals surface area contributed by atoms with Crippen LogP contribution in [0.3, 0.4) is 0 Å². The van der Waals surface area contributed by atoms with E-state index in [-0.39, 0.29) is 0 Å². The van der Waals surface area contributed by atoms with Crippen molar-refractivity contribution < 1.29 is 9.59 Å². The molecule has 25 heavy (non-hydrogen) atoms. The predicted molar refractivity (Wildman–Crippen MR) is 108 cm³/mol. The minimum absolute atomic E-state index is 0.514. The third-order valence-corrected chi connectivity index (χ3v) is 6.01. The molecule has 0 saturated carbocycles. The second-order valence-corrected chi connectivity index (χ2v) is 8.44. The maximum atomic E-state index is 10.3. The quantitative estimate of drug-likeness (QED) is 0.393. The van der Waals surface area contributed by atoms with E-state index in [0.29, 0.717) is 5.75 Å². The molecule has 0 aliphatic carbocycles. The van der Waals surface area contributed by atoms with E-state index in [2.05, 4.69) is 26.1 Å². The first-order valence-electron chi connectivity index (χ1n) is 10.8. The lowest BCUT2D eigenvalue weighted by molar-refractivity contribution is -0.914. The van der Waals surface area contributed by atoms with Gasteiger partial charge in [-0.15, -0.1) is 0 Å². The van der Waals surface area contributed by atoms with E-state index in [9.17, 15) is 5.11 Å². The number of likely N-dealkylation sites (tertiary alicyclic amines) is 1. The smallest absolute Gasteiger partial charge is 0.119 e. The molecule has 1 heterocycles. The third kappa shape index (κ3) is 7.40. The standard InChI is InChI=1S/C23H39NO/c1-3-4-5-9-14-22-16-15-21(20-23(22)25)13-8-6-10-17-24(2)18-11-7-12-19-24/h15-16,20H,3-14,17-19H2,1-2H3/p+1. The number of phenolic OH excluding ortho intramolecular Hbond substituents is 1. The normalized spacial score (nSPS) is 16.9. The molecule has 1 aromatic carbocycles. The number of aryl methyl sites for hydroxylation is 2. The van der Waals surface area contributed by atoms with E-state index >= 15 is 0 Å². The molecule has 1 fully saturated rings. The van der Waals surface area contributed by atoms with Crippen LogP contribution in [0.5, 0.6) is 5.75 Å². The van der Waals surface area contributed by atoms with Gasteiger partial charge in [0.15, 0.2) is 0 Å². The molecule has 0 amide bonds. The van der Waals surface area contributed by atoms with Gasteiger partial charge in [0.2, 0.25) is 0 Å². The highest BCUT2D eigenvalue weighted by Gasteiger charge is 2.23. The lowest BCUT2D eigenvalue weighted by Gasteiger charge is -2.37. The van der Waals surface area contributed by atoms with E-state index in [0.717, 1.165) is 18.4 Å². The van der Waals surface area contributed by atoms with Gasteiger partial charge < -0.3 is 9.59 Å². The lowest BCUT2D eigenvalue weighted by Crippen LogP contribution is -2.48. The van der Waals surface area contributed by atoms with Gasteiger partial charge in [0.1, 0.15) is 5.75 Å². The molecule has 0 unspecified atom stereocenters. The van der Waals surface area contributed by atoms with E-state index in [4.69, 9.17) is 0 Å². The number of aromatic hydroxyl groups is 1. The maximum Gasteiger partial charge on any atom is 0.119 e. The zero-order chi connectivity index (χ0) is 18.0. The monoisotopic (exact) mass is 346 g/mol. The van der Waals surface area contributed by atoms with Crippen LogP contribution < -0.4 is 0 Å². The maximum absolute atomic E-state index is 10.3. The molecule has 1 N–H and O–H groups in total. The number of unbranched alkanes of at least 4 members (excludes halogenated alkanes) is 5. The number of hydrogen-bond donors (Lipinski definition) is 1. The van der Waals surface area contributed by atoms with E-state index < -0.39 is 0 Å². The van der Waals surface area contributed by atoms with Crippen molar-refractivity contribution in [2.75, 3.05) is 26.7 Å². The fourth-order valence-electron chi connectivity index (χ4n) is 4.22. The van der Waals surface area contributed by atoms with Crippen LogP contribution in [0.2, 0.25) is 0 Å².